The normalized spacial score (nSPS) is 20.2. The molecule has 1 aromatic rings. The fourth-order valence-electron chi connectivity index (χ4n) is 1.67. The van der Waals surface area contributed by atoms with Crippen LogP contribution in [0.3, 0.4) is 0 Å². The van der Waals surface area contributed by atoms with Crippen LogP contribution in [-0.4, -0.2) is 6.54 Å². The van der Waals surface area contributed by atoms with Gasteiger partial charge in [-0.15, -0.1) is 0 Å². The Morgan fingerprint density at radius 3 is 2.73 bits per heavy atom. The van der Waals surface area contributed by atoms with E-state index in [0.29, 0.717) is 0 Å². The number of rotatable bonds is 2. The van der Waals surface area contributed by atoms with E-state index < -0.39 is 0 Å². The molecule has 1 aliphatic carbocycles. The molecule has 0 saturated heterocycles. The summed E-state index contributed by atoms with van der Waals surface area (Å²) in [6.07, 6.45) is 4.20. The predicted octanol–water partition coefficient (Wildman–Crippen LogP) is 1.58. The standard InChI is InChI=1S/C9H13NO/c1-7-8(2-5-11-7)9(6-10)3-4-9/h2,5H,3-4,6,10H2,1H3. The molecule has 2 rings (SSSR count). The van der Waals surface area contributed by atoms with Crippen molar-refractivity contribution in [3.63, 3.8) is 0 Å². The second kappa shape index (κ2) is 2.11. The zero-order valence-electron chi connectivity index (χ0n) is 6.76. The zero-order valence-corrected chi connectivity index (χ0v) is 6.76. The first-order chi connectivity index (χ1) is 5.28. The fraction of sp³-hybridized carbons (Fsp3) is 0.556. The van der Waals surface area contributed by atoms with Crippen LogP contribution >= 0.6 is 0 Å². The van der Waals surface area contributed by atoms with Gasteiger partial charge in [0.05, 0.1) is 6.26 Å². The highest BCUT2D eigenvalue weighted by Crippen LogP contribution is 2.48. The Morgan fingerprint density at radius 1 is 1.64 bits per heavy atom. The fourth-order valence-corrected chi connectivity index (χ4v) is 1.67. The predicted molar refractivity (Wildman–Crippen MR) is 43.4 cm³/mol. The Labute approximate surface area is 66.4 Å². The Hall–Kier alpha value is -0.760. The van der Waals surface area contributed by atoms with Crippen molar-refractivity contribution in [2.45, 2.75) is 25.2 Å². The Balaban J connectivity index is 2.35. The second-order valence-electron chi connectivity index (χ2n) is 3.37. The first-order valence-electron chi connectivity index (χ1n) is 4.03. The molecule has 2 N–H and O–H groups in total. The molecule has 0 aliphatic heterocycles. The van der Waals surface area contributed by atoms with Crippen molar-refractivity contribution in [1.82, 2.24) is 0 Å². The van der Waals surface area contributed by atoms with Crippen LogP contribution in [0.2, 0.25) is 0 Å². The van der Waals surface area contributed by atoms with Gasteiger partial charge in [0, 0.05) is 17.5 Å². The van der Waals surface area contributed by atoms with E-state index in [2.05, 4.69) is 6.07 Å². The molecule has 0 bridgehead atoms. The SMILES string of the molecule is Cc1occc1C1(CN)CC1. The first kappa shape index (κ1) is 6.92. The third kappa shape index (κ3) is 0.897. The van der Waals surface area contributed by atoms with E-state index in [1.807, 2.05) is 6.92 Å². The zero-order chi connectivity index (χ0) is 7.90. The second-order valence-corrected chi connectivity index (χ2v) is 3.37. The van der Waals surface area contributed by atoms with E-state index in [9.17, 15) is 0 Å². The van der Waals surface area contributed by atoms with E-state index >= 15 is 0 Å². The van der Waals surface area contributed by atoms with Gasteiger partial charge in [0.1, 0.15) is 5.76 Å². The number of furan rings is 1. The summed E-state index contributed by atoms with van der Waals surface area (Å²) in [6.45, 7) is 2.76. The van der Waals surface area contributed by atoms with Crippen LogP contribution in [0.1, 0.15) is 24.2 Å². The lowest BCUT2D eigenvalue weighted by Gasteiger charge is -2.09. The van der Waals surface area contributed by atoms with Gasteiger partial charge < -0.3 is 10.2 Å². The molecule has 0 amide bonds. The number of hydrogen-bond donors (Lipinski definition) is 1. The molecule has 0 spiro atoms. The molecule has 2 nitrogen and oxygen atoms in total. The van der Waals surface area contributed by atoms with E-state index in [0.717, 1.165) is 12.3 Å². The quantitative estimate of drug-likeness (QED) is 0.697. The molecule has 1 heterocycles. The minimum Gasteiger partial charge on any atom is -0.469 e. The van der Waals surface area contributed by atoms with Crippen LogP contribution in [0, 0.1) is 6.92 Å². The minimum atomic E-state index is 0.289. The largest absolute Gasteiger partial charge is 0.469 e. The van der Waals surface area contributed by atoms with Gasteiger partial charge in [-0.3, -0.25) is 0 Å². The lowest BCUT2D eigenvalue weighted by molar-refractivity contribution is 0.522. The molecule has 60 valence electrons. The molecule has 0 atom stereocenters. The lowest BCUT2D eigenvalue weighted by atomic mass is 9.97. The maximum Gasteiger partial charge on any atom is 0.104 e. The maximum absolute atomic E-state index is 5.69. The van der Waals surface area contributed by atoms with Crippen LogP contribution < -0.4 is 5.73 Å². The average Bonchev–Trinajstić information content (AvgIpc) is 2.70. The summed E-state index contributed by atoms with van der Waals surface area (Å²) in [5.74, 6) is 1.04. The van der Waals surface area contributed by atoms with Gasteiger partial charge in [-0.1, -0.05) is 0 Å². The van der Waals surface area contributed by atoms with Crippen LogP contribution in [0.15, 0.2) is 16.7 Å². The molecule has 1 fully saturated rings. The van der Waals surface area contributed by atoms with Crippen LogP contribution in [-0.2, 0) is 5.41 Å². The number of hydrogen-bond acceptors (Lipinski definition) is 2. The molecule has 1 saturated carbocycles. The number of nitrogens with two attached hydrogens (primary N) is 1. The summed E-state index contributed by atoms with van der Waals surface area (Å²) in [5.41, 5.74) is 7.30. The van der Waals surface area contributed by atoms with E-state index in [1.54, 1.807) is 6.26 Å². The molecule has 2 heteroatoms. The third-order valence-electron chi connectivity index (χ3n) is 2.67. The van der Waals surface area contributed by atoms with Crippen molar-refractivity contribution in [3.8, 4) is 0 Å². The van der Waals surface area contributed by atoms with Crippen molar-refractivity contribution in [3.05, 3.63) is 23.7 Å². The smallest absolute Gasteiger partial charge is 0.104 e. The van der Waals surface area contributed by atoms with Crippen LogP contribution in [0.4, 0.5) is 0 Å². The van der Waals surface area contributed by atoms with Gasteiger partial charge in [0.15, 0.2) is 0 Å². The number of aryl methyl sites for hydroxylation is 1. The molecule has 1 aromatic heterocycles. The Kier molecular flexibility index (Phi) is 1.33. The molecule has 0 radical (unpaired) electrons. The monoisotopic (exact) mass is 151 g/mol. The van der Waals surface area contributed by atoms with Gasteiger partial charge in [-0.2, -0.15) is 0 Å². The summed E-state index contributed by atoms with van der Waals surface area (Å²) in [5, 5.41) is 0. The van der Waals surface area contributed by atoms with Crippen molar-refractivity contribution in [1.29, 1.82) is 0 Å². The van der Waals surface area contributed by atoms with Crippen molar-refractivity contribution >= 4 is 0 Å². The van der Waals surface area contributed by atoms with E-state index in [-0.39, 0.29) is 5.41 Å². The van der Waals surface area contributed by atoms with Crippen molar-refractivity contribution in [2.75, 3.05) is 6.54 Å². The topological polar surface area (TPSA) is 39.2 Å². The van der Waals surface area contributed by atoms with E-state index in [4.69, 9.17) is 10.2 Å². The average molecular weight is 151 g/mol. The lowest BCUT2D eigenvalue weighted by Crippen LogP contribution is -2.19. The first-order valence-corrected chi connectivity index (χ1v) is 4.03. The summed E-state index contributed by atoms with van der Waals surface area (Å²) >= 11 is 0. The molecule has 0 unspecified atom stereocenters. The highest BCUT2D eigenvalue weighted by atomic mass is 16.3. The molecule has 11 heavy (non-hydrogen) atoms. The Bertz CT molecular complexity index is 260. The molecular formula is C9H13NO. The third-order valence-corrected chi connectivity index (χ3v) is 2.67. The summed E-state index contributed by atoms with van der Waals surface area (Å²) in [4.78, 5) is 0. The summed E-state index contributed by atoms with van der Waals surface area (Å²) < 4.78 is 5.24. The van der Waals surface area contributed by atoms with Crippen molar-refractivity contribution in [2.24, 2.45) is 5.73 Å². The van der Waals surface area contributed by atoms with Gasteiger partial charge in [-0.25, -0.2) is 0 Å². The van der Waals surface area contributed by atoms with Gasteiger partial charge in [-0.05, 0) is 25.8 Å². The molecule has 0 aromatic carbocycles. The summed E-state index contributed by atoms with van der Waals surface area (Å²) in [6, 6.07) is 2.05. The molecule has 1 aliphatic rings. The van der Waals surface area contributed by atoms with Crippen molar-refractivity contribution < 1.29 is 4.42 Å². The minimum absolute atomic E-state index is 0.289. The maximum atomic E-state index is 5.69. The van der Waals surface area contributed by atoms with Gasteiger partial charge in [0.2, 0.25) is 0 Å². The molecular weight excluding hydrogens is 138 g/mol. The summed E-state index contributed by atoms with van der Waals surface area (Å²) in [7, 11) is 0. The van der Waals surface area contributed by atoms with Crippen LogP contribution in [0.5, 0.6) is 0 Å². The highest BCUT2D eigenvalue weighted by Gasteiger charge is 2.44. The van der Waals surface area contributed by atoms with Gasteiger partial charge >= 0.3 is 0 Å². The van der Waals surface area contributed by atoms with Crippen LogP contribution in [0.25, 0.3) is 0 Å². The van der Waals surface area contributed by atoms with Gasteiger partial charge in [0.25, 0.3) is 0 Å². The Morgan fingerprint density at radius 2 is 2.36 bits per heavy atom. The van der Waals surface area contributed by atoms with E-state index in [1.165, 1.54) is 18.4 Å². The highest BCUT2D eigenvalue weighted by molar-refractivity contribution is 5.33.